The van der Waals surface area contributed by atoms with Crippen LogP contribution >= 0.6 is 12.6 Å². The summed E-state index contributed by atoms with van der Waals surface area (Å²) in [5, 5.41) is 0. The van der Waals surface area contributed by atoms with Gasteiger partial charge in [-0.05, 0) is 6.92 Å². The summed E-state index contributed by atoms with van der Waals surface area (Å²) in [4.78, 5) is 0. The molecule has 1 radical (unpaired) electrons. The van der Waals surface area contributed by atoms with Crippen LogP contribution in [0.25, 0.3) is 0 Å². The molecule has 3 heteroatoms. The Morgan fingerprint density at radius 3 is 2.33 bits per heavy atom. The van der Waals surface area contributed by atoms with E-state index in [1.807, 2.05) is 0 Å². The largest absolute Gasteiger partial charge is 0.379 e. The third-order valence-corrected chi connectivity index (χ3v) is 0.935. The van der Waals surface area contributed by atoms with Crippen molar-refractivity contribution in [1.82, 2.24) is 0 Å². The molecule has 0 aromatic heterocycles. The quantitative estimate of drug-likeness (QED) is 0.444. The van der Waals surface area contributed by atoms with Gasteiger partial charge in [-0.1, -0.05) is 0 Å². The highest BCUT2D eigenvalue weighted by atomic mass is 32.1. The molecule has 0 heterocycles. The van der Waals surface area contributed by atoms with Gasteiger partial charge >= 0.3 is 0 Å². The normalized spacial score (nSPS) is 10.0. The van der Waals surface area contributed by atoms with Crippen molar-refractivity contribution in [3.05, 3.63) is 6.92 Å². The molecular weight excluding hydrogens is 136 g/mol. The van der Waals surface area contributed by atoms with Gasteiger partial charge in [0.15, 0.2) is 0 Å². The van der Waals surface area contributed by atoms with Crippen LogP contribution in [-0.2, 0) is 9.47 Å². The average Bonchev–Trinajstić information content (AvgIpc) is 1.89. The summed E-state index contributed by atoms with van der Waals surface area (Å²) in [5.41, 5.74) is 0. The zero-order valence-corrected chi connectivity index (χ0v) is 6.40. The molecule has 0 fully saturated rings. The fourth-order valence-corrected chi connectivity index (χ4v) is 0.516. The summed E-state index contributed by atoms with van der Waals surface area (Å²) >= 11 is 3.97. The van der Waals surface area contributed by atoms with E-state index in [9.17, 15) is 0 Å². The Balaban J connectivity index is 2.60. The van der Waals surface area contributed by atoms with Gasteiger partial charge in [-0.3, -0.25) is 0 Å². The molecule has 0 aromatic carbocycles. The van der Waals surface area contributed by atoms with Crippen LogP contribution in [-0.4, -0.2) is 32.2 Å². The molecule has 0 saturated carbocycles. The van der Waals surface area contributed by atoms with E-state index in [1.54, 1.807) is 0 Å². The summed E-state index contributed by atoms with van der Waals surface area (Å²) < 4.78 is 9.97. The molecule has 0 aliphatic carbocycles. The lowest BCUT2D eigenvalue weighted by Crippen LogP contribution is -2.05. The summed E-state index contributed by atoms with van der Waals surface area (Å²) in [6.07, 6.45) is 0. The smallest absolute Gasteiger partial charge is 0.0700 e. The van der Waals surface area contributed by atoms with Crippen molar-refractivity contribution in [3.8, 4) is 0 Å². The Hall–Kier alpha value is 0.270. The standard InChI is InChI=1S/C6H13O2S/c1-2-7-3-4-8-5-6-9/h9H,1-6H2. The van der Waals surface area contributed by atoms with Gasteiger partial charge in [0.1, 0.15) is 0 Å². The average molecular weight is 149 g/mol. The van der Waals surface area contributed by atoms with E-state index in [-0.39, 0.29) is 0 Å². The predicted octanol–water partition coefficient (Wildman–Crippen LogP) is 0.783. The van der Waals surface area contributed by atoms with Gasteiger partial charge in [0.2, 0.25) is 0 Å². The third-order valence-electron chi connectivity index (χ3n) is 0.752. The number of hydrogen-bond donors (Lipinski definition) is 1. The number of rotatable bonds is 6. The second-order valence-electron chi connectivity index (χ2n) is 1.45. The van der Waals surface area contributed by atoms with Crippen LogP contribution in [0.4, 0.5) is 0 Å². The highest BCUT2D eigenvalue weighted by molar-refractivity contribution is 7.80. The lowest BCUT2D eigenvalue weighted by Gasteiger charge is -2.00. The first kappa shape index (κ1) is 9.27. The van der Waals surface area contributed by atoms with Crippen LogP contribution in [0.3, 0.4) is 0 Å². The van der Waals surface area contributed by atoms with Crippen LogP contribution in [0.15, 0.2) is 0 Å². The van der Waals surface area contributed by atoms with E-state index >= 15 is 0 Å². The fraction of sp³-hybridized carbons (Fsp3) is 0.833. The van der Waals surface area contributed by atoms with Crippen molar-refractivity contribution in [2.24, 2.45) is 0 Å². The molecule has 0 aliphatic heterocycles. The van der Waals surface area contributed by atoms with Gasteiger partial charge in [-0.15, -0.1) is 0 Å². The maximum Gasteiger partial charge on any atom is 0.0700 e. The van der Waals surface area contributed by atoms with Crippen LogP contribution in [0.5, 0.6) is 0 Å². The van der Waals surface area contributed by atoms with E-state index in [0.29, 0.717) is 26.4 Å². The molecule has 0 atom stereocenters. The first-order chi connectivity index (χ1) is 4.41. The summed E-state index contributed by atoms with van der Waals surface area (Å²) in [6, 6.07) is 0. The first-order valence-electron chi connectivity index (χ1n) is 2.97. The Labute approximate surface area is 61.9 Å². The fourth-order valence-electron chi connectivity index (χ4n) is 0.387. The minimum atomic E-state index is 0.518. The van der Waals surface area contributed by atoms with Crippen molar-refractivity contribution in [2.75, 3.05) is 32.2 Å². The maximum absolute atomic E-state index is 5.06. The van der Waals surface area contributed by atoms with E-state index < -0.39 is 0 Å². The van der Waals surface area contributed by atoms with E-state index in [4.69, 9.17) is 9.47 Å². The van der Waals surface area contributed by atoms with Crippen molar-refractivity contribution >= 4 is 12.6 Å². The minimum absolute atomic E-state index is 0.518. The highest BCUT2D eigenvalue weighted by Gasteiger charge is 1.84. The summed E-state index contributed by atoms with van der Waals surface area (Å²) in [7, 11) is 0. The molecule has 55 valence electrons. The van der Waals surface area contributed by atoms with Gasteiger partial charge in [-0.2, -0.15) is 12.6 Å². The van der Waals surface area contributed by atoms with Crippen LogP contribution < -0.4 is 0 Å². The molecule has 0 saturated heterocycles. The summed E-state index contributed by atoms with van der Waals surface area (Å²) in [5.74, 6) is 0.768. The van der Waals surface area contributed by atoms with Crippen molar-refractivity contribution in [3.63, 3.8) is 0 Å². The van der Waals surface area contributed by atoms with Crippen LogP contribution in [0.2, 0.25) is 0 Å². The molecule has 0 spiro atoms. The lowest BCUT2D eigenvalue weighted by atomic mass is 10.7. The molecule has 0 unspecified atom stereocenters. The Morgan fingerprint density at radius 2 is 1.78 bits per heavy atom. The zero-order valence-electron chi connectivity index (χ0n) is 5.51. The number of thiol groups is 1. The molecule has 0 rings (SSSR count). The van der Waals surface area contributed by atoms with Gasteiger partial charge in [0.25, 0.3) is 0 Å². The second kappa shape index (κ2) is 8.27. The first-order valence-corrected chi connectivity index (χ1v) is 3.60. The van der Waals surface area contributed by atoms with Gasteiger partial charge in [0, 0.05) is 12.4 Å². The number of hydrogen-bond acceptors (Lipinski definition) is 3. The third kappa shape index (κ3) is 8.27. The minimum Gasteiger partial charge on any atom is -0.379 e. The summed E-state index contributed by atoms with van der Waals surface area (Å²) in [6.45, 7) is 6.01. The monoisotopic (exact) mass is 149 g/mol. The van der Waals surface area contributed by atoms with Gasteiger partial charge in [0.05, 0.1) is 19.8 Å². The van der Waals surface area contributed by atoms with Crippen molar-refractivity contribution in [1.29, 1.82) is 0 Å². The van der Waals surface area contributed by atoms with Gasteiger partial charge < -0.3 is 9.47 Å². The van der Waals surface area contributed by atoms with Crippen molar-refractivity contribution < 1.29 is 9.47 Å². The molecule has 2 nitrogen and oxygen atoms in total. The Bertz CT molecular complexity index is 44.3. The zero-order chi connectivity index (χ0) is 6.95. The van der Waals surface area contributed by atoms with E-state index in [2.05, 4.69) is 19.6 Å². The SMILES string of the molecule is [CH2]COCCOCCS. The lowest BCUT2D eigenvalue weighted by molar-refractivity contribution is 0.0650. The maximum atomic E-state index is 5.06. The highest BCUT2D eigenvalue weighted by Crippen LogP contribution is 1.79. The van der Waals surface area contributed by atoms with Crippen molar-refractivity contribution in [2.45, 2.75) is 0 Å². The molecule has 0 N–H and O–H groups in total. The van der Waals surface area contributed by atoms with Crippen LogP contribution in [0, 0.1) is 6.92 Å². The molecule has 0 aliphatic rings. The number of ether oxygens (including phenoxy) is 2. The van der Waals surface area contributed by atoms with E-state index in [1.165, 1.54) is 0 Å². The molecule has 9 heavy (non-hydrogen) atoms. The van der Waals surface area contributed by atoms with Gasteiger partial charge in [-0.25, -0.2) is 0 Å². The van der Waals surface area contributed by atoms with Crippen LogP contribution in [0.1, 0.15) is 0 Å². The molecular formula is C6H13O2S. The molecule has 0 bridgehead atoms. The Morgan fingerprint density at radius 1 is 1.11 bits per heavy atom. The molecule has 0 amide bonds. The van der Waals surface area contributed by atoms with E-state index in [0.717, 1.165) is 5.75 Å². The Kier molecular flexibility index (Phi) is 8.52. The second-order valence-corrected chi connectivity index (χ2v) is 1.90. The topological polar surface area (TPSA) is 18.5 Å². The predicted molar refractivity (Wildman–Crippen MR) is 40.8 cm³/mol. The molecule has 0 aromatic rings.